The SMILES string of the molecule is CCN(CC)S(=O)(=O)c1ccc2c(c1)Cc1cc(S(=O)(=O)O)ccc1-2. The Morgan fingerprint density at radius 3 is 1.84 bits per heavy atom. The summed E-state index contributed by atoms with van der Waals surface area (Å²) in [6.45, 7) is 4.38. The summed E-state index contributed by atoms with van der Waals surface area (Å²) in [5, 5.41) is 0. The zero-order valence-corrected chi connectivity index (χ0v) is 15.6. The first kappa shape index (κ1) is 18.1. The Balaban J connectivity index is 2.05. The van der Waals surface area contributed by atoms with Crippen LogP contribution in [0.5, 0.6) is 0 Å². The number of hydrogen-bond acceptors (Lipinski definition) is 4. The van der Waals surface area contributed by atoms with Gasteiger partial charge in [0.25, 0.3) is 10.1 Å². The van der Waals surface area contributed by atoms with Gasteiger partial charge in [0.15, 0.2) is 0 Å². The maximum absolute atomic E-state index is 12.7. The van der Waals surface area contributed by atoms with Gasteiger partial charge in [0.2, 0.25) is 10.0 Å². The van der Waals surface area contributed by atoms with Crippen LogP contribution in [0.3, 0.4) is 0 Å². The number of nitrogens with zero attached hydrogens (tertiary/aromatic N) is 1. The van der Waals surface area contributed by atoms with Crippen LogP contribution in [-0.4, -0.2) is 38.8 Å². The summed E-state index contributed by atoms with van der Waals surface area (Å²) >= 11 is 0. The second-order valence-electron chi connectivity index (χ2n) is 5.88. The zero-order chi connectivity index (χ0) is 18.4. The Morgan fingerprint density at radius 1 is 0.880 bits per heavy atom. The highest BCUT2D eigenvalue weighted by Gasteiger charge is 2.26. The van der Waals surface area contributed by atoms with Crippen LogP contribution in [0, 0.1) is 0 Å². The standard InChI is InChI=1S/C17H19NO5S2/c1-3-18(4-2)24(19,20)14-5-7-16-12(10-14)9-13-11-15(25(21,22)23)6-8-17(13)16/h5-8,10-11H,3-4,9H2,1-2H3,(H,21,22,23). The predicted octanol–water partition coefficient (Wildman–Crippen LogP) is 2.54. The first-order valence-electron chi connectivity index (χ1n) is 7.92. The van der Waals surface area contributed by atoms with Gasteiger partial charge in [-0.25, -0.2) is 8.42 Å². The summed E-state index contributed by atoms with van der Waals surface area (Å²) < 4.78 is 58.5. The van der Waals surface area contributed by atoms with E-state index in [0.717, 1.165) is 22.3 Å². The number of sulfonamides is 1. The van der Waals surface area contributed by atoms with E-state index in [9.17, 15) is 21.4 Å². The number of benzene rings is 2. The molecule has 0 heterocycles. The Kier molecular flexibility index (Phi) is 4.48. The van der Waals surface area contributed by atoms with Gasteiger partial charge in [-0.15, -0.1) is 0 Å². The van der Waals surface area contributed by atoms with Crippen molar-refractivity contribution in [3.05, 3.63) is 47.5 Å². The van der Waals surface area contributed by atoms with Gasteiger partial charge < -0.3 is 0 Å². The fraction of sp³-hybridized carbons (Fsp3) is 0.294. The van der Waals surface area contributed by atoms with Crippen molar-refractivity contribution in [1.82, 2.24) is 4.31 Å². The fourth-order valence-corrected chi connectivity index (χ4v) is 5.24. The Morgan fingerprint density at radius 2 is 1.36 bits per heavy atom. The summed E-state index contributed by atoms with van der Waals surface area (Å²) in [6.07, 6.45) is 0.426. The molecule has 0 aromatic heterocycles. The minimum Gasteiger partial charge on any atom is -0.282 e. The van der Waals surface area contributed by atoms with E-state index in [1.807, 2.05) is 0 Å². The van der Waals surface area contributed by atoms with Crippen LogP contribution in [0.2, 0.25) is 0 Å². The summed E-state index contributed by atoms with van der Waals surface area (Å²) in [7, 11) is -7.81. The molecule has 0 fully saturated rings. The van der Waals surface area contributed by atoms with E-state index in [-0.39, 0.29) is 9.79 Å². The molecule has 1 aliphatic carbocycles. The molecule has 0 saturated carbocycles. The van der Waals surface area contributed by atoms with Gasteiger partial charge in [-0.1, -0.05) is 26.0 Å². The molecule has 1 aliphatic rings. The molecule has 0 unspecified atom stereocenters. The average molecular weight is 381 g/mol. The molecule has 2 aromatic carbocycles. The smallest absolute Gasteiger partial charge is 0.282 e. The van der Waals surface area contributed by atoms with Crippen molar-refractivity contribution in [3.63, 3.8) is 0 Å². The third-order valence-corrected chi connectivity index (χ3v) is 7.36. The molecule has 3 rings (SSSR count). The lowest BCUT2D eigenvalue weighted by Crippen LogP contribution is -2.30. The highest BCUT2D eigenvalue weighted by molar-refractivity contribution is 7.89. The third-order valence-electron chi connectivity index (χ3n) is 4.47. The van der Waals surface area contributed by atoms with Crippen molar-refractivity contribution in [1.29, 1.82) is 0 Å². The highest BCUT2D eigenvalue weighted by atomic mass is 32.2. The van der Waals surface area contributed by atoms with Crippen molar-refractivity contribution in [2.75, 3.05) is 13.1 Å². The van der Waals surface area contributed by atoms with E-state index in [1.54, 1.807) is 38.1 Å². The molecule has 0 atom stereocenters. The van der Waals surface area contributed by atoms with E-state index in [2.05, 4.69) is 0 Å². The molecule has 0 saturated heterocycles. The van der Waals surface area contributed by atoms with Crippen molar-refractivity contribution in [3.8, 4) is 11.1 Å². The van der Waals surface area contributed by atoms with E-state index >= 15 is 0 Å². The predicted molar refractivity (Wildman–Crippen MR) is 94.6 cm³/mol. The molecule has 0 aliphatic heterocycles. The largest absolute Gasteiger partial charge is 0.294 e. The van der Waals surface area contributed by atoms with E-state index in [1.165, 1.54) is 16.4 Å². The molecule has 8 heteroatoms. The maximum atomic E-state index is 12.7. The van der Waals surface area contributed by atoms with Gasteiger partial charge in [0.05, 0.1) is 9.79 Å². The van der Waals surface area contributed by atoms with Crippen molar-refractivity contribution >= 4 is 20.1 Å². The van der Waals surface area contributed by atoms with Crippen LogP contribution < -0.4 is 0 Å². The van der Waals surface area contributed by atoms with Gasteiger partial charge in [-0.05, 0) is 52.9 Å². The average Bonchev–Trinajstić information content (AvgIpc) is 2.91. The molecule has 0 radical (unpaired) electrons. The molecule has 2 aromatic rings. The minimum absolute atomic E-state index is 0.157. The number of hydrogen-bond donors (Lipinski definition) is 1. The quantitative estimate of drug-likeness (QED) is 0.686. The van der Waals surface area contributed by atoms with Crippen LogP contribution in [0.25, 0.3) is 11.1 Å². The summed E-state index contributed by atoms with van der Waals surface area (Å²) in [5.74, 6) is 0. The van der Waals surface area contributed by atoms with E-state index < -0.39 is 20.1 Å². The van der Waals surface area contributed by atoms with Gasteiger partial charge in [0, 0.05) is 13.1 Å². The highest BCUT2D eigenvalue weighted by Crippen LogP contribution is 2.38. The molecule has 0 spiro atoms. The minimum atomic E-state index is -4.26. The van der Waals surface area contributed by atoms with Crippen molar-refractivity contribution in [2.24, 2.45) is 0 Å². The maximum Gasteiger partial charge on any atom is 0.294 e. The molecular formula is C17H19NO5S2. The van der Waals surface area contributed by atoms with Crippen molar-refractivity contribution in [2.45, 2.75) is 30.1 Å². The summed E-state index contributed by atoms with van der Waals surface area (Å²) in [5.41, 5.74) is 3.32. The van der Waals surface area contributed by atoms with Crippen LogP contribution in [-0.2, 0) is 26.6 Å². The van der Waals surface area contributed by atoms with Gasteiger partial charge in [0.1, 0.15) is 0 Å². The van der Waals surface area contributed by atoms with Crippen LogP contribution in [0.4, 0.5) is 0 Å². The molecule has 1 N–H and O–H groups in total. The molecule has 134 valence electrons. The lowest BCUT2D eigenvalue weighted by Gasteiger charge is -2.18. The number of rotatable bonds is 5. The monoisotopic (exact) mass is 381 g/mol. The normalized spacial score (nSPS) is 13.8. The molecule has 6 nitrogen and oxygen atoms in total. The zero-order valence-electron chi connectivity index (χ0n) is 13.9. The lowest BCUT2D eigenvalue weighted by molar-refractivity contribution is 0.445. The van der Waals surface area contributed by atoms with Gasteiger partial charge in [-0.3, -0.25) is 4.55 Å². The Labute approximate surface area is 147 Å². The Hall–Kier alpha value is -1.74. The first-order valence-corrected chi connectivity index (χ1v) is 10.8. The molecule has 0 bridgehead atoms. The summed E-state index contributed by atoms with van der Waals surface area (Å²) in [6, 6.07) is 9.41. The first-order chi connectivity index (χ1) is 11.7. The van der Waals surface area contributed by atoms with Crippen LogP contribution in [0.1, 0.15) is 25.0 Å². The van der Waals surface area contributed by atoms with Crippen molar-refractivity contribution < 1.29 is 21.4 Å². The molecule has 25 heavy (non-hydrogen) atoms. The second kappa shape index (κ2) is 6.21. The van der Waals surface area contributed by atoms with Crippen LogP contribution in [0.15, 0.2) is 46.2 Å². The lowest BCUT2D eigenvalue weighted by atomic mass is 10.1. The van der Waals surface area contributed by atoms with Gasteiger partial charge >= 0.3 is 0 Å². The van der Waals surface area contributed by atoms with E-state index in [4.69, 9.17) is 0 Å². The molecule has 0 amide bonds. The topological polar surface area (TPSA) is 91.8 Å². The Bertz CT molecular complexity index is 1040. The summed E-state index contributed by atoms with van der Waals surface area (Å²) in [4.78, 5) is 0.0767. The second-order valence-corrected chi connectivity index (χ2v) is 9.24. The van der Waals surface area contributed by atoms with E-state index in [0.29, 0.717) is 19.5 Å². The number of fused-ring (bicyclic) bond motifs is 3. The van der Waals surface area contributed by atoms with Gasteiger partial charge in [-0.2, -0.15) is 12.7 Å². The van der Waals surface area contributed by atoms with Crippen LogP contribution >= 0.6 is 0 Å². The third kappa shape index (κ3) is 3.10. The fourth-order valence-electron chi connectivity index (χ4n) is 3.20. The molecular weight excluding hydrogens is 362 g/mol.